The smallest absolute Gasteiger partial charge is 0.123 e. The van der Waals surface area contributed by atoms with E-state index in [0.29, 0.717) is 16.5 Å². The molecule has 2 aromatic carbocycles. The van der Waals surface area contributed by atoms with Gasteiger partial charge in [-0.3, -0.25) is 0 Å². The molecule has 1 nitrogen and oxygen atoms in total. The van der Waals surface area contributed by atoms with E-state index in [1.807, 2.05) is 25.1 Å². The SMILES string of the molecule is CCNC(Cc1cc(F)ccc1Cl)c1cc(Cl)ccc1Br. The fraction of sp³-hybridized carbons (Fsp3) is 0.250. The zero-order valence-corrected chi connectivity index (χ0v) is 14.6. The molecule has 21 heavy (non-hydrogen) atoms. The van der Waals surface area contributed by atoms with Crippen molar-refractivity contribution in [2.75, 3.05) is 6.54 Å². The minimum absolute atomic E-state index is 0.00220. The highest BCUT2D eigenvalue weighted by Crippen LogP contribution is 2.30. The average Bonchev–Trinajstić information content (AvgIpc) is 2.45. The summed E-state index contributed by atoms with van der Waals surface area (Å²) in [6.07, 6.45) is 0.587. The molecule has 0 fully saturated rings. The number of nitrogens with one attached hydrogen (secondary N) is 1. The first-order valence-corrected chi connectivity index (χ1v) is 8.18. The van der Waals surface area contributed by atoms with Gasteiger partial charge in [-0.05, 0) is 60.5 Å². The van der Waals surface area contributed by atoms with Gasteiger partial charge in [-0.2, -0.15) is 0 Å². The van der Waals surface area contributed by atoms with Gasteiger partial charge in [-0.1, -0.05) is 46.1 Å². The van der Waals surface area contributed by atoms with Gasteiger partial charge >= 0.3 is 0 Å². The number of hydrogen-bond acceptors (Lipinski definition) is 1. The van der Waals surface area contributed by atoms with Gasteiger partial charge in [-0.15, -0.1) is 0 Å². The van der Waals surface area contributed by atoms with Crippen LogP contribution in [-0.4, -0.2) is 6.54 Å². The molecule has 0 spiro atoms. The molecule has 0 aliphatic rings. The van der Waals surface area contributed by atoms with E-state index in [-0.39, 0.29) is 11.9 Å². The summed E-state index contributed by atoms with van der Waals surface area (Å²) in [5.41, 5.74) is 1.80. The van der Waals surface area contributed by atoms with Crippen LogP contribution in [0.5, 0.6) is 0 Å². The molecule has 5 heteroatoms. The van der Waals surface area contributed by atoms with E-state index in [2.05, 4.69) is 21.2 Å². The molecule has 0 saturated heterocycles. The molecule has 112 valence electrons. The fourth-order valence-corrected chi connectivity index (χ4v) is 3.14. The number of hydrogen-bond donors (Lipinski definition) is 1. The number of halogens is 4. The lowest BCUT2D eigenvalue weighted by molar-refractivity contribution is 0.545. The topological polar surface area (TPSA) is 12.0 Å². The molecule has 1 unspecified atom stereocenters. The monoisotopic (exact) mass is 389 g/mol. The molecule has 0 saturated carbocycles. The van der Waals surface area contributed by atoms with Gasteiger partial charge in [-0.25, -0.2) is 4.39 Å². The zero-order chi connectivity index (χ0) is 15.4. The molecule has 0 amide bonds. The van der Waals surface area contributed by atoms with Crippen LogP contribution in [0, 0.1) is 5.82 Å². The predicted molar refractivity (Wildman–Crippen MR) is 90.7 cm³/mol. The molecular formula is C16H15BrCl2FN. The Labute approximate surface area is 142 Å². The third kappa shape index (κ3) is 4.43. The Bertz CT molecular complexity index is 634. The summed E-state index contributed by atoms with van der Waals surface area (Å²) in [4.78, 5) is 0. The Morgan fingerprint density at radius 1 is 1.19 bits per heavy atom. The number of rotatable bonds is 5. The van der Waals surface area contributed by atoms with E-state index >= 15 is 0 Å². The van der Waals surface area contributed by atoms with Crippen LogP contribution in [0.3, 0.4) is 0 Å². The van der Waals surface area contributed by atoms with E-state index in [9.17, 15) is 4.39 Å². The second kappa shape index (κ2) is 7.59. The number of likely N-dealkylation sites (N-methyl/N-ethyl adjacent to an activating group) is 1. The Balaban J connectivity index is 2.35. The standard InChI is InChI=1S/C16H15BrCl2FN/c1-2-21-16(13-9-11(18)3-5-14(13)17)8-10-7-12(20)4-6-15(10)19/h3-7,9,16,21H,2,8H2,1H3. The van der Waals surface area contributed by atoms with Gasteiger partial charge < -0.3 is 5.32 Å². The minimum atomic E-state index is -0.283. The van der Waals surface area contributed by atoms with Crippen LogP contribution >= 0.6 is 39.1 Å². The highest BCUT2D eigenvalue weighted by Gasteiger charge is 2.16. The van der Waals surface area contributed by atoms with Crippen molar-refractivity contribution in [1.82, 2.24) is 5.32 Å². The fourth-order valence-electron chi connectivity index (χ4n) is 2.24. The van der Waals surface area contributed by atoms with Crippen molar-refractivity contribution in [2.24, 2.45) is 0 Å². The molecule has 1 atom stereocenters. The Morgan fingerprint density at radius 2 is 1.95 bits per heavy atom. The summed E-state index contributed by atoms with van der Waals surface area (Å²) in [7, 11) is 0. The minimum Gasteiger partial charge on any atom is -0.310 e. The highest BCUT2D eigenvalue weighted by atomic mass is 79.9. The van der Waals surface area contributed by atoms with Crippen molar-refractivity contribution in [2.45, 2.75) is 19.4 Å². The maximum Gasteiger partial charge on any atom is 0.123 e. The molecule has 2 rings (SSSR count). The number of benzene rings is 2. The molecule has 0 bridgehead atoms. The summed E-state index contributed by atoms with van der Waals surface area (Å²) in [5, 5.41) is 4.63. The maximum atomic E-state index is 13.4. The van der Waals surface area contributed by atoms with Crippen LogP contribution in [0.25, 0.3) is 0 Å². The molecule has 0 heterocycles. The van der Waals surface area contributed by atoms with Gasteiger partial charge in [0.05, 0.1) is 0 Å². The lowest BCUT2D eigenvalue weighted by Crippen LogP contribution is -2.23. The van der Waals surface area contributed by atoms with Crippen LogP contribution in [0.15, 0.2) is 40.9 Å². The molecule has 0 radical (unpaired) electrons. The lowest BCUT2D eigenvalue weighted by Gasteiger charge is -2.21. The van der Waals surface area contributed by atoms with Crippen molar-refractivity contribution in [3.63, 3.8) is 0 Å². The second-order valence-electron chi connectivity index (χ2n) is 4.72. The maximum absolute atomic E-state index is 13.4. The van der Waals surface area contributed by atoms with Crippen LogP contribution in [0.1, 0.15) is 24.1 Å². The Hall–Kier alpha value is -0.610. The third-order valence-electron chi connectivity index (χ3n) is 3.22. The first-order valence-electron chi connectivity index (χ1n) is 6.63. The molecule has 1 N–H and O–H groups in total. The van der Waals surface area contributed by atoms with Gasteiger partial charge in [0.1, 0.15) is 5.82 Å². The molecule has 0 aliphatic heterocycles. The Morgan fingerprint density at radius 3 is 2.67 bits per heavy atom. The largest absolute Gasteiger partial charge is 0.310 e. The predicted octanol–water partition coefficient (Wildman–Crippen LogP) is 5.79. The van der Waals surface area contributed by atoms with Crippen molar-refractivity contribution >= 4 is 39.1 Å². The third-order valence-corrected chi connectivity index (χ3v) is 4.54. The van der Waals surface area contributed by atoms with E-state index < -0.39 is 0 Å². The van der Waals surface area contributed by atoms with Gasteiger partial charge in [0.2, 0.25) is 0 Å². The van der Waals surface area contributed by atoms with Gasteiger partial charge in [0.15, 0.2) is 0 Å². The van der Waals surface area contributed by atoms with E-state index in [1.165, 1.54) is 12.1 Å². The van der Waals surface area contributed by atoms with Crippen LogP contribution in [0.2, 0.25) is 10.0 Å². The van der Waals surface area contributed by atoms with Crippen molar-refractivity contribution < 1.29 is 4.39 Å². The normalized spacial score (nSPS) is 12.4. The van der Waals surface area contributed by atoms with Crippen molar-refractivity contribution in [3.8, 4) is 0 Å². The van der Waals surface area contributed by atoms with Gasteiger partial charge in [0.25, 0.3) is 0 Å². The lowest BCUT2D eigenvalue weighted by atomic mass is 9.98. The quantitative estimate of drug-likeness (QED) is 0.681. The summed E-state index contributed by atoms with van der Waals surface area (Å²) in [6, 6.07) is 10.1. The van der Waals surface area contributed by atoms with Crippen LogP contribution < -0.4 is 5.32 Å². The molecule has 0 aromatic heterocycles. The van der Waals surface area contributed by atoms with Crippen LogP contribution in [0.4, 0.5) is 4.39 Å². The second-order valence-corrected chi connectivity index (χ2v) is 6.41. The summed E-state index contributed by atoms with van der Waals surface area (Å²) >= 11 is 15.8. The summed E-state index contributed by atoms with van der Waals surface area (Å²) in [6.45, 7) is 2.81. The molecule has 2 aromatic rings. The first-order chi connectivity index (χ1) is 10.0. The molecular weight excluding hydrogens is 376 g/mol. The van der Waals surface area contributed by atoms with Crippen molar-refractivity contribution in [1.29, 1.82) is 0 Å². The summed E-state index contributed by atoms with van der Waals surface area (Å²) < 4.78 is 14.4. The highest BCUT2D eigenvalue weighted by molar-refractivity contribution is 9.10. The van der Waals surface area contributed by atoms with Crippen LogP contribution in [-0.2, 0) is 6.42 Å². The van der Waals surface area contributed by atoms with Crippen molar-refractivity contribution in [3.05, 3.63) is 67.9 Å². The van der Waals surface area contributed by atoms with E-state index in [4.69, 9.17) is 23.2 Å². The summed E-state index contributed by atoms with van der Waals surface area (Å²) in [5.74, 6) is -0.283. The zero-order valence-electron chi connectivity index (χ0n) is 11.5. The Kier molecular flexibility index (Phi) is 6.06. The molecule has 0 aliphatic carbocycles. The van der Waals surface area contributed by atoms with E-state index in [1.54, 1.807) is 6.07 Å². The van der Waals surface area contributed by atoms with Gasteiger partial charge in [0, 0.05) is 20.6 Å². The average molecular weight is 391 g/mol. The van der Waals surface area contributed by atoms with E-state index in [0.717, 1.165) is 22.1 Å². The first kappa shape index (κ1) is 16.8.